The Hall–Kier alpha value is -1.63. The molecule has 2 aromatic rings. The Labute approximate surface area is 140 Å². The third kappa shape index (κ3) is 5.63. The van der Waals surface area contributed by atoms with E-state index in [0.717, 1.165) is 0 Å². The van der Waals surface area contributed by atoms with Crippen LogP contribution in [0.4, 0.5) is 4.39 Å². The van der Waals surface area contributed by atoms with E-state index in [1.165, 1.54) is 18.4 Å². The number of rotatable bonds is 5. The fourth-order valence-corrected chi connectivity index (χ4v) is 1.66. The molecule has 1 atom stereocenters. The normalized spacial score (nSPS) is 11.0. The molecule has 0 spiro atoms. The molecule has 1 aromatic heterocycles. The molecule has 22 heavy (non-hydrogen) atoms. The molecule has 0 aliphatic heterocycles. The molecule has 0 radical (unpaired) electrons. The molecule has 8 heteroatoms. The van der Waals surface area contributed by atoms with Gasteiger partial charge in [0.15, 0.2) is 0 Å². The van der Waals surface area contributed by atoms with Gasteiger partial charge in [-0.2, -0.15) is 0 Å². The van der Waals surface area contributed by atoms with Crippen molar-refractivity contribution in [1.82, 2.24) is 10.3 Å². The van der Waals surface area contributed by atoms with Crippen molar-refractivity contribution in [3.63, 3.8) is 0 Å². The molecule has 0 aliphatic rings. The summed E-state index contributed by atoms with van der Waals surface area (Å²) >= 11 is 0. The average molecular weight is 350 g/mol. The predicted octanol–water partition coefficient (Wildman–Crippen LogP) is 2.33. The van der Waals surface area contributed by atoms with Gasteiger partial charge < -0.3 is 15.5 Å². The Morgan fingerprint density at radius 2 is 2.00 bits per heavy atom. The summed E-state index contributed by atoms with van der Waals surface area (Å²) in [6, 6.07) is 5.72. The highest BCUT2D eigenvalue weighted by Crippen LogP contribution is 2.19. The van der Waals surface area contributed by atoms with Gasteiger partial charge >= 0.3 is 0 Å². The van der Waals surface area contributed by atoms with Crippen LogP contribution in [0.5, 0.6) is 0 Å². The third-order valence-corrected chi connectivity index (χ3v) is 2.75. The molecule has 0 saturated heterocycles. The number of nitrogens with two attached hydrogens (primary N) is 1. The summed E-state index contributed by atoms with van der Waals surface area (Å²) in [4.78, 5) is 15.9. The summed E-state index contributed by atoms with van der Waals surface area (Å²) in [7, 11) is 0. The Morgan fingerprint density at radius 1 is 1.36 bits per heavy atom. The second kappa shape index (κ2) is 9.40. The lowest BCUT2D eigenvalue weighted by molar-refractivity contribution is -0.121. The molecule has 1 aromatic carbocycles. The number of oxazole rings is 1. The number of aromatic nitrogens is 1. The summed E-state index contributed by atoms with van der Waals surface area (Å²) in [5, 5.41) is 2.74. The first kappa shape index (κ1) is 20.4. The minimum Gasteiger partial charge on any atom is -0.444 e. The molecular weight excluding hydrogens is 332 g/mol. The van der Waals surface area contributed by atoms with Crippen molar-refractivity contribution in [2.24, 2.45) is 5.73 Å². The van der Waals surface area contributed by atoms with E-state index in [2.05, 4.69) is 10.3 Å². The molecule has 0 saturated carbocycles. The van der Waals surface area contributed by atoms with Crippen LogP contribution in [0.2, 0.25) is 0 Å². The van der Waals surface area contributed by atoms with Gasteiger partial charge in [0.1, 0.15) is 12.1 Å². The van der Waals surface area contributed by atoms with Crippen molar-refractivity contribution < 1.29 is 13.6 Å². The average Bonchev–Trinajstić information content (AvgIpc) is 2.87. The number of nitrogens with zero attached hydrogens (tertiary/aromatic N) is 1. The molecule has 1 heterocycles. The third-order valence-electron chi connectivity index (χ3n) is 2.75. The van der Waals surface area contributed by atoms with Crippen LogP contribution in [0, 0.1) is 5.82 Å². The maximum absolute atomic E-state index is 12.8. The van der Waals surface area contributed by atoms with E-state index in [0.29, 0.717) is 23.7 Å². The van der Waals surface area contributed by atoms with Gasteiger partial charge in [0, 0.05) is 18.2 Å². The molecule has 0 aliphatic carbocycles. The standard InChI is InChI=1S/C14H16FN3O2.2ClH/c1-9(7-16)17-13(19)6-12-8-20-14(18-12)10-2-4-11(15)5-3-10;;/h2-5,8-9H,6-7,16H2,1H3,(H,17,19);2*1H/t9-;;/m0../s1. The van der Waals surface area contributed by atoms with Gasteiger partial charge in [-0.25, -0.2) is 9.37 Å². The molecule has 122 valence electrons. The van der Waals surface area contributed by atoms with Crippen LogP contribution in [0.15, 0.2) is 34.9 Å². The van der Waals surface area contributed by atoms with E-state index in [1.807, 2.05) is 6.92 Å². The van der Waals surface area contributed by atoms with Crippen molar-refractivity contribution in [3.8, 4) is 11.5 Å². The SMILES string of the molecule is C[C@@H](CN)NC(=O)Cc1coc(-c2ccc(F)cc2)n1.Cl.Cl. The van der Waals surface area contributed by atoms with Gasteiger partial charge in [0.05, 0.1) is 12.1 Å². The quantitative estimate of drug-likeness (QED) is 0.867. The Morgan fingerprint density at radius 3 is 2.59 bits per heavy atom. The van der Waals surface area contributed by atoms with Crippen LogP contribution >= 0.6 is 24.8 Å². The first-order valence-corrected chi connectivity index (χ1v) is 6.28. The van der Waals surface area contributed by atoms with Crippen LogP contribution in [0.25, 0.3) is 11.5 Å². The molecule has 0 bridgehead atoms. The van der Waals surface area contributed by atoms with E-state index in [-0.39, 0.29) is 49.0 Å². The Bertz CT molecular complexity index is 590. The number of hydrogen-bond acceptors (Lipinski definition) is 4. The molecule has 5 nitrogen and oxygen atoms in total. The summed E-state index contributed by atoms with van der Waals surface area (Å²) in [5.41, 5.74) is 6.61. The Balaban J connectivity index is 0.00000220. The van der Waals surface area contributed by atoms with Gasteiger partial charge in [-0.1, -0.05) is 0 Å². The van der Waals surface area contributed by atoms with Crippen molar-refractivity contribution in [2.45, 2.75) is 19.4 Å². The van der Waals surface area contributed by atoms with Crippen LogP contribution < -0.4 is 11.1 Å². The van der Waals surface area contributed by atoms with E-state index >= 15 is 0 Å². The van der Waals surface area contributed by atoms with Crippen LogP contribution in [-0.4, -0.2) is 23.5 Å². The first-order valence-electron chi connectivity index (χ1n) is 6.28. The molecule has 0 unspecified atom stereocenters. The lowest BCUT2D eigenvalue weighted by Crippen LogP contribution is -2.38. The zero-order chi connectivity index (χ0) is 14.5. The minimum absolute atomic E-state index is 0. The maximum atomic E-state index is 12.8. The van der Waals surface area contributed by atoms with Gasteiger partial charge in [0.25, 0.3) is 0 Å². The van der Waals surface area contributed by atoms with Gasteiger partial charge in [-0.15, -0.1) is 24.8 Å². The highest BCUT2D eigenvalue weighted by molar-refractivity contribution is 5.85. The van der Waals surface area contributed by atoms with Crippen molar-refractivity contribution in [2.75, 3.05) is 6.54 Å². The number of halogens is 3. The zero-order valence-corrected chi connectivity index (χ0v) is 13.5. The molecular formula is C14H18Cl2FN3O2. The molecule has 3 N–H and O–H groups in total. The zero-order valence-electron chi connectivity index (χ0n) is 11.9. The van der Waals surface area contributed by atoms with E-state index in [4.69, 9.17) is 10.2 Å². The topological polar surface area (TPSA) is 81.1 Å². The maximum Gasteiger partial charge on any atom is 0.226 e. The van der Waals surface area contributed by atoms with E-state index < -0.39 is 0 Å². The molecule has 1 amide bonds. The van der Waals surface area contributed by atoms with Gasteiger partial charge in [0.2, 0.25) is 11.8 Å². The van der Waals surface area contributed by atoms with Crippen LogP contribution in [0.3, 0.4) is 0 Å². The van der Waals surface area contributed by atoms with Crippen molar-refractivity contribution in [1.29, 1.82) is 0 Å². The molecule has 0 fully saturated rings. The largest absolute Gasteiger partial charge is 0.444 e. The number of carbonyl (C=O) groups excluding carboxylic acids is 1. The van der Waals surface area contributed by atoms with Crippen LogP contribution in [-0.2, 0) is 11.2 Å². The summed E-state index contributed by atoms with van der Waals surface area (Å²) in [6.45, 7) is 2.20. The van der Waals surface area contributed by atoms with Gasteiger partial charge in [-0.3, -0.25) is 4.79 Å². The fraction of sp³-hybridized carbons (Fsp3) is 0.286. The lowest BCUT2D eigenvalue weighted by atomic mass is 10.2. The number of nitrogens with one attached hydrogen (secondary N) is 1. The fourth-order valence-electron chi connectivity index (χ4n) is 1.66. The van der Waals surface area contributed by atoms with Crippen molar-refractivity contribution in [3.05, 3.63) is 42.0 Å². The second-order valence-electron chi connectivity index (χ2n) is 4.53. The van der Waals surface area contributed by atoms with E-state index in [1.54, 1.807) is 12.1 Å². The highest BCUT2D eigenvalue weighted by Gasteiger charge is 2.11. The predicted molar refractivity (Wildman–Crippen MR) is 86.8 cm³/mol. The smallest absolute Gasteiger partial charge is 0.226 e. The second-order valence-corrected chi connectivity index (χ2v) is 4.53. The number of amides is 1. The minimum atomic E-state index is -0.323. The summed E-state index contributed by atoms with van der Waals surface area (Å²) in [5.74, 6) is -0.128. The molecule has 2 rings (SSSR count). The first-order chi connectivity index (χ1) is 9.58. The summed E-state index contributed by atoms with van der Waals surface area (Å²) in [6.07, 6.45) is 1.54. The van der Waals surface area contributed by atoms with Crippen LogP contribution in [0.1, 0.15) is 12.6 Å². The lowest BCUT2D eigenvalue weighted by Gasteiger charge is -2.09. The number of benzene rings is 1. The summed E-state index contributed by atoms with van der Waals surface area (Å²) < 4.78 is 18.1. The number of carbonyl (C=O) groups is 1. The monoisotopic (exact) mass is 349 g/mol. The van der Waals surface area contributed by atoms with E-state index in [9.17, 15) is 9.18 Å². The van der Waals surface area contributed by atoms with Gasteiger partial charge in [-0.05, 0) is 31.2 Å². The van der Waals surface area contributed by atoms with Crippen molar-refractivity contribution >= 4 is 30.7 Å². The Kier molecular flexibility index (Phi) is 8.70. The number of hydrogen-bond donors (Lipinski definition) is 2. The highest BCUT2D eigenvalue weighted by atomic mass is 35.5.